The molecule has 1 aromatic heterocycles. The minimum atomic E-state index is -1.10. The molecule has 0 aliphatic carbocycles. The van der Waals surface area contributed by atoms with Gasteiger partial charge in [-0.25, -0.2) is 9.59 Å². The molecule has 21 heavy (non-hydrogen) atoms. The number of H-pyrrole nitrogens is 1. The Kier molecular flexibility index (Phi) is 4.50. The number of ether oxygens (including phenoxy) is 2. The number of aromatic nitrogens is 3. The van der Waals surface area contributed by atoms with Crippen molar-refractivity contribution in [2.45, 2.75) is 6.92 Å². The van der Waals surface area contributed by atoms with Crippen molar-refractivity contribution < 1.29 is 24.2 Å². The number of hydrogen-bond acceptors (Lipinski definition) is 6. The van der Waals surface area contributed by atoms with Gasteiger partial charge in [-0.05, 0) is 19.1 Å². The predicted octanol–water partition coefficient (Wildman–Crippen LogP) is 1.11. The number of para-hydroxylation sites is 1. The van der Waals surface area contributed by atoms with Crippen molar-refractivity contribution in [1.29, 1.82) is 0 Å². The summed E-state index contributed by atoms with van der Waals surface area (Å²) in [5.41, 5.74) is 0.716. The number of aliphatic carboxylic acids is 1. The molecule has 8 heteroatoms. The first kappa shape index (κ1) is 14.5. The zero-order valence-corrected chi connectivity index (χ0v) is 11.2. The Morgan fingerprint density at radius 1 is 1.29 bits per heavy atom. The van der Waals surface area contributed by atoms with Crippen LogP contribution in [0.25, 0.3) is 11.3 Å². The van der Waals surface area contributed by atoms with Gasteiger partial charge in [0, 0.05) is 5.56 Å². The third-order valence-electron chi connectivity index (χ3n) is 2.51. The summed E-state index contributed by atoms with van der Waals surface area (Å²) in [4.78, 5) is 22.4. The molecule has 0 saturated heterocycles. The van der Waals surface area contributed by atoms with Crippen LogP contribution in [0.3, 0.4) is 0 Å². The highest BCUT2D eigenvalue weighted by molar-refractivity contribution is 5.94. The van der Waals surface area contributed by atoms with Crippen LogP contribution in [0.4, 0.5) is 0 Å². The van der Waals surface area contributed by atoms with Crippen LogP contribution < -0.4 is 4.74 Å². The molecule has 0 saturated carbocycles. The van der Waals surface area contributed by atoms with Crippen LogP contribution in [-0.4, -0.2) is 45.7 Å². The third-order valence-corrected chi connectivity index (χ3v) is 2.51. The second kappa shape index (κ2) is 6.51. The molecule has 2 rings (SSSR count). The molecule has 0 bridgehead atoms. The fourth-order valence-corrected chi connectivity index (χ4v) is 1.69. The smallest absolute Gasteiger partial charge is 0.361 e. The van der Waals surface area contributed by atoms with Crippen LogP contribution in [0.15, 0.2) is 24.3 Å². The van der Waals surface area contributed by atoms with E-state index < -0.39 is 18.5 Å². The highest BCUT2D eigenvalue weighted by Crippen LogP contribution is 2.30. The molecular formula is C13H13N3O5. The van der Waals surface area contributed by atoms with Gasteiger partial charge in [-0.2, -0.15) is 10.3 Å². The minimum Gasteiger partial charge on any atom is -0.481 e. The number of carbonyl (C=O) groups is 2. The summed E-state index contributed by atoms with van der Waals surface area (Å²) >= 11 is 0. The van der Waals surface area contributed by atoms with Crippen LogP contribution in [0.1, 0.15) is 17.4 Å². The molecule has 0 aliphatic rings. The van der Waals surface area contributed by atoms with Crippen LogP contribution >= 0.6 is 0 Å². The highest BCUT2D eigenvalue weighted by atomic mass is 16.5. The van der Waals surface area contributed by atoms with Gasteiger partial charge in [-0.15, -0.1) is 5.10 Å². The second-order valence-corrected chi connectivity index (χ2v) is 3.92. The fraction of sp³-hybridized carbons (Fsp3) is 0.231. The summed E-state index contributed by atoms with van der Waals surface area (Å²) in [6.07, 6.45) is 0. The SMILES string of the molecule is CCOC(=O)c1n[nH]nc1-c1ccccc1OCC(=O)O. The Labute approximate surface area is 119 Å². The molecule has 0 aliphatic heterocycles. The van der Waals surface area contributed by atoms with Crippen molar-refractivity contribution in [3.8, 4) is 17.0 Å². The number of carboxylic acid groups (broad SMARTS) is 1. The van der Waals surface area contributed by atoms with Crippen molar-refractivity contribution in [1.82, 2.24) is 15.4 Å². The minimum absolute atomic E-state index is 0.0169. The van der Waals surface area contributed by atoms with Gasteiger partial charge in [0.05, 0.1) is 6.61 Å². The van der Waals surface area contributed by atoms with Crippen molar-refractivity contribution in [3.05, 3.63) is 30.0 Å². The van der Waals surface area contributed by atoms with Gasteiger partial charge in [-0.1, -0.05) is 12.1 Å². The molecule has 0 atom stereocenters. The van der Waals surface area contributed by atoms with E-state index in [1.165, 1.54) is 0 Å². The van der Waals surface area contributed by atoms with Gasteiger partial charge in [0.2, 0.25) is 0 Å². The number of carbonyl (C=O) groups excluding carboxylic acids is 1. The van der Waals surface area contributed by atoms with E-state index in [1.54, 1.807) is 31.2 Å². The van der Waals surface area contributed by atoms with Gasteiger partial charge in [-0.3, -0.25) is 0 Å². The van der Waals surface area contributed by atoms with E-state index in [9.17, 15) is 9.59 Å². The maximum absolute atomic E-state index is 11.8. The van der Waals surface area contributed by atoms with E-state index in [2.05, 4.69) is 15.4 Å². The Bertz CT molecular complexity index is 653. The summed E-state index contributed by atoms with van der Waals surface area (Å²) in [5.74, 6) is -1.43. The number of aromatic amines is 1. The van der Waals surface area contributed by atoms with E-state index in [-0.39, 0.29) is 18.0 Å². The average molecular weight is 291 g/mol. The standard InChI is InChI=1S/C13H13N3O5/c1-2-20-13(19)12-11(14-16-15-12)8-5-3-4-6-9(8)21-7-10(17)18/h3-6H,2,7H2,1H3,(H,17,18)(H,14,15,16). The Morgan fingerprint density at radius 2 is 2.05 bits per heavy atom. The molecule has 1 heterocycles. The first-order chi connectivity index (χ1) is 10.1. The zero-order valence-electron chi connectivity index (χ0n) is 11.2. The van der Waals surface area contributed by atoms with Crippen molar-refractivity contribution >= 4 is 11.9 Å². The van der Waals surface area contributed by atoms with Gasteiger partial charge >= 0.3 is 11.9 Å². The maximum Gasteiger partial charge on any atom is 0.361 e. The quantitative estimate of drug-likeness (QED) is 0.766. The summed E-state index contributed by atoms with van der Waals surface area (Å²) < 4.78 is 10.1. The largest absolute Gasteiger partial charge is 0.481 e. The molecule has 0 fully saturated rings. The lowest BCUT2D eigenvalue weighted by Crippen LogP contribution is -2.11. The molecule has 2 N–H and O–H groups in total. The first-order valence-electron chi connectivity index (χ1n) is 6.15. The molecule has 0 radical (unpaired) electrons. The number of hydrogen-bond donors (Lipinski definition) is 2. The topological polar surface area (TPSA) is 114 Å². The molecular weight excluding hydrogens is 278 g/mol. The Morgan fingerprint density at radius 3 is 2.76 bits per heavy atom. The van der Waals surface area contributed by atoms with Crippen LogP contribution in [0, 0.1) is 0 Å². The Balaban J connectivity index is 2.36. The lowest BCUT2D eigenvalue weighted by Gasteiger charge is -2.08. The van der Waals surface area contributed by atoms with Gasteiger partial charge in [0.15, 0.2) is 12.3 Å². The molecule has 0 spiro atoms. The average Bonchev–Trinajstić information content (AvgIpc) is 2.95. The van der Waals surface area contributed by atoms with Crippen LogP contribution in [-0.2, 0) is 9.53 Å². The van der Waals surface area contributed by atoms with E-state index in [1.807, 2.05) is 0 Å². The molecule has 110 valence electrons. The highest BCUT2D eigenvalue weighted by Gasteiger charge is 2.21. The summed E-state index contributed by atoms with van der Waals surface area (Å²) in [6, 6.07) is 6.64. The van der Waals surface area contributed by atoms with E-state index in [0.717, 1.165) is 0 Å². The summed E-state index contributed by atoms with van der Waals surface area (Å²) in [5, 5.41) is 18.7. The van der Waals surface area contributed by atoms with Gasteiger partial charge in [0.1, 0.15) is 11.4 Å². The lowest BCUT2D eigenvalue weighted by molar-refractivity contribution is -0.139. The normalized spacial score (nSPS) is 10.1. The number of rotatable bonds is 6. The Hall–Kier alpha value is -2.90. The molecule has 1 aromatic carbocycles. The summed E-state index contributed by atoms with van der Waals surface area (Å²) in [6.45, 7) is 1.40. The number of benzene rings is 1. The van der Waals surface area contributed by atoms with E-state index in [0.29, 0.717) is 11.3 Å². The van der Waals surface area contributed by atoms with Gasteiger partial charge < -0.3 is 14.6 Å². The van der Waals surface area contributed by atoms with Crippen LogP contribution in [0.2, 0.25) is 0 Å². The number of nitrogens with one attached hydrogen (secondary N) is 1. The van der Waals surface area contributed by atoms with E-state index in [4.69, 9.17) is 14.6 Å². The summed E-state index contributed by atoms with van der Waals surface area (Å²) in [7, 11) is 0. The lowest BCUT2D eigenvalue weighted by atomic mass is 10.1. The van der Waals surface area contributed by atoms with Crippen molar-refractivity contribution in [2.24, 2.45) is 0 Å². The van der Waals surface area contributed by atoms with Gasteiger partial charge in [0.25, 0.3) is 0 Å². The zero-order chi connectivity index (χ0) is 15.2. The monoisotopic (exact) mass is 291 g/mol. The fourth-order valence-electron chi connectivity index (χ4n) is 1.69. The second-order valence-electron chi connectivity index (χ2n) is 3.92. The predicted molar refractivity (Wildman–Crippen MR) is 70.9 cm³/mol. The van der Waals surface area contributed by atoms with Crippen molar-refractivity contribution in [2.75, 3.05) is 13.2 Å². The molecule has 2 aromatic rings. The number of carboxylic acids is 1. The first-order valence-corrected chi connectivity index (χ1v) is 6.15. The number of nitrogens with zero attached hydrogens (tertiary/aromatic N) is 2. The van der Waals surface area contributed by atoms with Crippen LogP contribution in [0.5, 0.6) is 5.75 Å². The molecule has 8 nitrogen and oxygen atoms in total. The third kappa shape index (κ3) is 3.35. The molecule has 0 unspecified atom stereocenters. The number of esters is 1. The van der Waals surface area contributed by atoms with E-state index >= 15 is 0 Å². The molecule has 0 amide bonds. The van der Waals surface area contributed by atoms with Crippen molar-refractivity contribution in [3.63, 3.8) is 0 Å². The maximum atomic E-state index is 11.8.